The van der Waals surface area contributed by atoms with Crippen LogP contribution in [0.1, 0.15) is 27.7 Å². The van der Waals surface area contributed by atoms with Crippen LogP contribution in [0.2, 0.25) is 0 Å². The van der Waals surface area contributed by atoms with Gasteiger partial charge in [-0.3, -0.25) is 0 Å². The number of rotatable bonds is 4. The second-order valence-corrected chi connectivity index (χ2v) is 4.49. The van der Waals surface area contributed by atoms with E-state index >= 15 is 0 Å². The van der Waals surface area contributed by atoms with Gasteiger partial charge >= 0.3 is 0 Å². The molecule has 88 valence electrons. The van der Waals surface area contributed by atoms with Crippen LogP contribution in [0.4, 0.5) is 0 Å². The fourth-order valence-electron chi connectivity index (χ4n) is 0.706. The van der Waals surface area contributed by atoms with Crippen molar-refractivity contribution < 1.29 is 19.7 Å². The zero-order chi connectivity index (χ0) is 11.8. The van der Waals surface area contributed by atoms with E-state index in [1.54, 1.807) is 41.9 Å². The highest BCUT2D eigenvalue weighted by Gasteiger charge is 2.10. The molecular weight excluding hydrogens is 184 g/mol. The summed E-state index contributed by atoms with van der Waals surface area (Å²) in [6.07, 6.45) is 0. The Hall–Kier alpha value is -0.160. The average molecular weight is 208 g/mol. The first-order chi connectivity index (χ1) is 6.12. The van der Waals surface area contributed by atoms with Gasteiger partial charge in [0, 0.05) is 14.2 Å². The molecule has 0 spiro atoms. The van der Waals surface area contributed by atoms with Crippen LogP contribution >= 0.6 is 0 Å². The minimum atomic E-state index is -0.672. The molecule has 14 heavy (non-hydrogen) atoms. The number of ether oxygens (including phenoxy) is 2. The lowest BCUT2D eigenvalue weighted by Crippen LogP contribution is -2.24. The lowest BCUT2D eigenvalue weighted by molar-refractivity contribution is -0.00223. The Morgan fingerprint density at radius 3 is 1.00 bits per heavy atom. The summed E-state index contributed by atoms with van der Waals surface area (Å²) in [6, 6.07) is 0. The highest BCUT2D eigenvalue weighted by atomic mass is 16.5. The molecule has 0 saturated heterocycles. The summed E-state index contributed by atoms with van der Waals surface area (Å²) < 4.78 is 9.31. The van der Waals surface area contributed by atoms with Crippen LogP contribution in [0.15, 0.2) is 0 Å². The van der Waals surface area contributed by atoms with Crippen LogP contribution in [0.25, 0.3) is 0 Å². The minimum Gasteiger partial charge on any atom is -0.388 e. The van der Waals surface area contributed by atoms with Crippen LogP contribution in [-0.4, -0.2) is 48.8 Å². The predicted octanol–water partition coefficient (Wildman–Crippen LogP) is 0.807. The standard InChI is InChI=1S/2C5H12O2/c2*1-5(2,6)4-7-3/h2*6H,4H2,1-3H3. The van der Waals surface area contributed by atoms with Gasteiger partial charge in [0.15, 0.2) is 0 Å². The van der Waals surface area contributed by atoms with Crippen molar-refractivity contribution in [1.82, 2.24) is 0 Å². The summed E-state index contributed by atoms with van der Waals surface area (Å²) in [4.78, 5) is 0. The Bertz CT molecular complexity index is 105. The number of hydrogen-bond donors (Lipinski definition) is 2. The van der Waals surface area contributed by atoms with E-state index in [9.17, 15) is 0 Å². The van der Waals surface area contributed by atoms with Crippen molar-refractivity contribution in [3.05, 3.63) is 0 Å². The third kappa shape index (κ3) is 22.6. The fraction of sp³-hybridized carbons (Fsp3) is 1.00. The molecular formula is C10H24O4. The number of aliphatic hydroxyl groups is 2. The second kappa shape index (κ2) is 7.17. The third-order valence-electron chi connectivity index (χ3n) is 0.995. The summed E-state index contributed by atoms with van der Waals surface area (Å²) in [7, 11) is 3.13. The molecule has 0 aromatic rings. The van der Waals surface area contributed by atoms with E-state index in [0.29, 0.717) is 13.2 Å². The first-order valence-electron chi connectivity index (χ1n) is 4.55. The molecule has 0 radical (unpaired) electrons. The summed E-state index contributed by atoms with van der Waals surface area (Å²) in [6.45, 7) is 7.61. The lowest BCUT2D eigenvalue weighted by atomic mass is 10.2. The van der Waals surface area contributed by atoms with Crippen LogP contribution in [0.5, 0.6) is 0 Å². The topological polar surface area (TPSA) is 58.9 Å². The summed E-state index contributed by atoms with van der Waals surface area (Å²) in [5, 5.41) is 17.8. The van der Waals surface area contributed by atoms with Crippen LogP contribution < -0.4 is 0 Å². The van der Waals surface area contributed by atoms with E-state index in [4.69, 9.17) is 10.2 Å². The molecule has 0 aliphatic heterocycles. The van der Waals surface area contributed by atoms with Gasteiger partial charge < -0.3 is 19.7 Å². The normalized spacial score (nSPS) is 12.0. The Balaban J connectivity index is 0. The monoisotopic (exact) mass is 208 g/mol. The fourth-order valence-corrected chi connectivity index (χ4v) is 0.706. The molecule has 0 aromatic carbocycles. The van der Waals surface area contributed by atoms with Crippen LogP contribution in [0.3, 0.4) is 0 Å². The largest absolute Gasteiger partial charge is 0.388 e. The van der Waals surface area contributed by atoms with E-state index in [1.807, 2.05) is 0 Å². The molecule has 0 aliphatic carbocycles. The van der Waals surface area contributed by atoms with Gasteiger partial charge in [0.25, 0.3) is 0 Å². The first-order valence-corrected chi connectivity index (χ1v) is 4.55. The molecule has 2 N–H and O–H groups in total. The maximum absolute atomic E-state index is 8.89. The second-order valence-electron chi connectivity index (χ2n) is 4.49. The van der Waals surface area contributed by atoms with E-state index in [-0.39, 0.29) is 0 Å². The molecule has 0 bridgehead atoms. The molecule has 0 fully saturated rings. The Kier molecular flexibility index (Phi) is 8.34. The Morgan fingerprint density at radius 2 is 1.00 bits per heavy atom. The van der Waals surface area contributed by atoms with Crippen LogP contribution in [0, 0.1) is 0 Å². The molecule has 0 heterocycles. The van der Waals surface area contributed by atoms with Crippen molar-refractivity contribution in [2.45, 2.75) is 38.9 Å². The number of methoxy groups -OCH3 is 2. The highest BCUT2D eigenvalue weighted by Crippen LogP contribution is 1.98. The molecule has 0 aromatic heterocycles. The molecule has 0 aliphatic rings. The average Bonchev–Trinajstić information content (AvgIpc) is 1.81. The highest BCUT2D eigenvalue weighted by molar-refractivity contribution is 4.61. The zero-order valence-electron chi connectivity index (χ0n) is 10.1. The maximum atomic E-state index is 8.89. The predicted molar refractivity (Wildman–Crippen MR) is 56.3 cm³/mol. The summed E-state index contributed by atoms with van der Waals surface area (Å²) in [5.41, 5.74) is -1.34. The minimum absolute atomic E-state index is 0.396. The van der Waals surface area contributed by atoms with Gasteiger partial charge in [0.2, 0.25) is 0 Å². The van der Waals surface area contributed by atoms with Gasteiger partial charge in [0.05, 0.1) is 24.4 Å². The Labute approximate surface area is 86.8 Å². The van der Waals surface area contributed by atoms with Crippen molar-refractivity contribution in [3.63, 3.8) is 0 Å². The molecule has 0 rings (SSSR count). The van der Waals surface area contributed by atoms with Crippen molar-refractivity contribution in [2.75, 3.05) is 27.4 Å². The van der Waals surface area contributed by atoms with Crippen molar-refractivity contribution >= 4 is 0 Å². The third-order valence-corrected chi connectivity index (χ3v) is 0.995. The summed E-state index contributed by atoms with van der Waals surface area (Å²) in [5.74, 6) is 0. The molecule has 4 nitrogen and oxygen atoms in total. The van der Waals surface area contributed by atoms with Crippen molar-refractivity contribution in [2.24, 2.45) is 0 Å². The number of hydrogen-bond acceptors (Lipinski definition) is 4. The van der Waals surface area contributed by atoms with Gasteiger partial charge in [0.1, 0.15) is 0 Å². The van der Waals surface area contributed by atoms with Gasteiger partial charge in [-0.1, -0.05) is 0 Å². The van der Waals surface area contributed by atoms with E-state index < -0.39 is 11.2 Å². The smallest absolute Gasteiger partial charge is 0.0824 e. The molecule has 0 unspecified atom stereocenters. The summed E-state index contributed by atoms with van der Waals surface area (Å²) >= 11 is 0. The molecule has 0 saturated carbocycles. The SMILES string of the molecule is COCC(C)(C)O.COCC(C)(C)O. The van der Waals surface area contributed by atoms with Crippen LogP contribution in [-0.2, 0) is 9.47 Å². The zero-order valence-corrected chi connectivity index (χ0v) is 10.1. The van der Waals surface area contributed by atoms with Gasteiger partial charge in [-0.15, -0.1) is 0 Å². The first kappa shape index (κ1) is 16.3. The van der Waals surface area contributed by atoms with Crippen molar-refractivity contribution in [3.8, 4) is 0 Å². The van der Waals surface area contributed by atoms with Gasteiger partial charge in [-0.25, -0.2) is 0 Å². The molecule has 0 atom stereocenters. The van der Waals surface area contributed by atoms with E-state index in [2.05, 4.69) is 9.47 Å². The lowest BCUT2D eigenvalue weighted by Gasteiger charge is -2.14. The Morgan fingerprint density at radius 1 is 0.786 bits per heavy atom. The van der Waals surface area contributed by atoms with Gasteiger partial charge in [-0.05, 0) is 27.7 Å². The quantitative estimate of drug-likeness (QED) is 0.717. The van der Waals surface area contributed by atoms with Gasteiger partial charge in [-0.2, -0.15) is 0 Å². The maximum Gasteiger partial charge on any atom is 0.0824 e. The van der Waals surface area contributed by atoms with E-state index in [0.717, 1.165) is 0 Å². The molecule has 0 amide bonds. The van der Waals surface area contributed by atoms with E-state index in [1.165, 1.54) is 0 Å². The van der Waals surface area contributed by atoms with Crippen molar-refractivity contribution in [1.29, 1.82) is 0 Å². The molecule has 4 heteroatoms.